The Bertz CT molecular complexity index is 1880. The molecule has 2 fully saturated rings. The van der Waals surface area contributed by atoms with Crippen molar-refractivity contribution in [2.45, 2.75) is 70.6 Å². The first kappa shape index (κ1) is 33.4. The van der Waals surface area contributed by atoms with Crippen molar-refractivity contribution in [3.05, 3.63) is 41.2 Å². The number of pyridine rings is 1. The van der Waals surface area contributed by atoms with Gasteiger partial charge >= 0.3 is 12.5 Å². The molecule has 0 radical (unpaired) electrons. The molecule has 254 valence electrons. The van der Waals surface area contributed by atoms with Crippen molar-refractivity contribution in [1.82, 2.24) is 19.9 Å². The third kappa shape index (κ3) is 6.47. The number of aliphatic hydroxyl groups excluding tert-OH is 1. The van der Waals surface area contributed by atoms with Gasteiger partial charge in [-0.15, -0.1) is 0 Å². The number of phenols is 1. The Hall–Kier alpha value is -4.52. The monoisotopic (exact) mass is 670 g/mol. The van der Waals surface area contributed by atoms with Gasteiger partial charge in [0.15, 0.2) is 30.0 Å². The third-order valence-corrected chi connectivity index (χ3v) is 8.80. The molecule has 0 spiro atoms. The number of aromatic hydroxyl groups is 1. The first-order valence-corrected chi connectivity index (χ1v) is 15.8. The van der Waals surface area contributed by atoms with E-state index in [-0.39, 0.29) is 45.7 Å². The normalized spacial score (nSPS) is 18.5. The summed E-state index contributed by atoms with van der Waals surface area (Å²) in [6.45, 7) is 2.10. The summed E-state index contributed by atoms with van der Waals surface area (Å²) in [5.41, 5.74) is -1.76. The molecule has 11 nitrogen and oxygen atoms in total. The van der Waals surface area contributed by atoms with Crippen LogP contribution in [0.2, 0.25) is 0 Å². The van der Waals surface area contributed by atoms with Crippen LogP contribution in [0.4, 0.5) is 23.4 Å². The molecule has 2 aromatic carbocycles. The van der Waals surface area contributed by atoms with Gasteiger partial charge in [0.1, 0.15) is 34.6 Å². The lowest BCUT2D eigenvalue weighted by Crippen LogP contribution is -2.33. The number of nitrogens with zero attached hydrogens (tertiary/aromatic N) is 6. The lowest BCUT2D eigenvalue weighted by atomic mass is 9.95. The number of nitriles is 1. The minimum atomic E-state index is -2.29. The molecule has 7 rings (SSSR count). The highest BCUT2D eigenvalue weighted by atomic mass is 19.2. The van der Waals surface area contributed by atoms with E-state index < -0.39 is 53.1 Å². The van der Waals surface area contributed by atoms with Crippen LogP contribution in [0.3, 0.4) is 0 Å². The maximum atomic E-state index is 16.2. The van der Waals surface area contributed by atoms with Crippen molar-refractivity contribution in [3.63, 3.8) is 0 Å². The van der Waals surface area contributed by atoms with Gasteiger partial charge in [0, 0.05) is 30.1 Å². The number of ether oxygens (including phenoxy) is 2. The van der Waals surface area contributed by atoms with Gasteiger partial charge in [-0.25, -0.2) is 22.5 Å². The molecule has 2 atom stereocenters. The summed E-state index contributed by atoms with van der Waals surface area (Å²) in [5, 5.41) is 38.3. The second-order valence-corrected chi connectivity index (χ2v) is 12.0. The van der Waals surface area contributed by atoms with Gasteiger partial charge in [-0.05, 0) is 55.8 Å². The van der Waals surface area contributed by atoms with Gasteiger partial charge in [0.25, 0.3) is 0 Å². The third-order valence-electron chi connectivity index (χ3n) is 8.80. The second kappa shape index (κ2) is 13.9. The van der Waals surface area contributed by atoms with E-state index in [0.29, 0.717) is 19.1 Å². The standard InChI is InChI=1S/C26H22F3N5O5.C7H12FN/c1-2-3-4-5-6-34-11-38-24-18-22(32-25(33-23(18)34)39-26(36)37)20(29)21(31-24)14-9-13(35)7-12-8-16(27)19(28)15(10-30)17(12)14;8-6-4-7-2-1-3-9(7)5-6/h7-9,26,35-37H,2-6,11H2,1H3;6-7H,1-5H2. The smallest absolute Gasteiger partial charge is 0.323 e. The molecule has 4 aromatic rings. The minimum Gasteiger partial charge on any atom is -0.508 e. The minimum absolute atomic E-state index is 0.0332. The Morgan fingerprint density at radius 2 is 1.90 bits per heavy atom. The summed E-state index contributed by atoms with van der Waals surface area (Å²) < 4.78 is 68.2. The number of benzene rings is 2. The molecule has 3 aliphatic heterocycles. The van der Waals surface area contributed by atoms with E-state index in [1.807, 2.05) is 0 Å². The number of hydrogen-bond acceptors (Lipinski definition) is 11. The van der Waals surface area contributed by atoms with Crippen molar-refractivity contribution >= 4 is 27.5 Å². The van der Waals surface area contributed by atoms with Crippen LogP contribution in [-0.2, 0) is 0 Å². The molecule has 0 saturated carbocycles. The van der Waals surface area contributed by atoms with Crippen LogP contribution in [0.1, 0.15) is 57.4 Å². The van der Waals surface area contributed by atoms with Crippen molar-refractivity contribution in [2.75, 3.05) is 31.3 Å². The molecule has 0 bridgehead atoms. The van der Waals surface area contributed by atoms with Crippen molar-refractivity contribution in [3.8, 4) is 35.0 Å². The number of hydrogen-bond donors (Lipinski definition) is 3. The summed E-state index contributed by atoms with van der Waals surface area (Å²) in [6.07, 6.45) is 6.56. The Kier molecular flexibility index (Phi) is 9.68. The van der Waals surface area contributed by atoms with E-state index in [9.17, 15) is 33.8 Å². The molecular weight excluding hydrogens is 636 g/mol. The SMILES string of the molecule is CCCCCCN1COc2nc(-c3cc(O)cc4cc(F)c(F)c(C#N)c34)c(F)c3nc(OC(O)O)nc1c23.FC1CC2CCCN2C1. The van der Waals surface area contributed by atoms with Gasteiger partial charge in [0.05, 0.1) is 5.56 Å². The van der Waals surface area contributed by atoms with Crippen LogP contribution in [0, 0.1) is 28.8 Å². The Morgan fingerprint density at radius 1 is 1.08 bits per heavy atom. The average Bonchev–Trinajstić information content (AvgIpc) is 3.63. The molecule has 2 unspecified atom stereocenters. The topological polar surface area (TPSA) is 148 Å². The Morgan fingerprint density at radius 3 is 2.62 bits per heavy atom. The van der Waals surface area contributed by atoms with Crippen LogP contribution in [0.25, 0.3) is 32.9 Å². The van der Waals surface area contributed by atoms with Crippen LogP contribution >= 0.6 is 0 Å². The molecule has 0 aliphatic carbocycles. The molecule has 2 saturated heterocycles. The fourth-order valence-electron chi connectivity index (χ4n) is 6.65. The number of aromatic nitrogens is 3. The number of anilines is 1. The van der Waals surface area contributed by atoms with Crippen LogP contribution in [0.15, 0.2) is 18.2 Å². The average molecular weight is 671 g/mol. The zero-order valence-corrected chi connectivity index (χ0v) is 26.1. The summed E-state index contributed by atoms with van der Waals surface area (Å²) >= 11 is 0. The maximum Gasteiger partial charge on any atom is 0.323 e. The summed E-state index contributed by atoms with van der Waals surface area (Å²) in [4.78, 5) is 16.5. The van der Waals surface area contributed by atoms with Gasteiger partial charge in [-0.3, -0.25) is 4.90 Å². The number of unbranched alkanes of at least 4 members (excludes halogenated alkanes) is 3. The fourth-order valence-corrected chi connectivity index (χ4v) is 6.65. The van der Waals surface area contributed by atoms with Crippen LogP contribution in [-0.4, -0.2) is 80.2 Å². The number of fused-ring (bicyclic) bond motifs is 2. The highest BCUT2D eigenvalue weighted by molar-refractivity contribution is 6.04. The fraction of sp³-hybridized carbons (Fsp3) is 0.455. The molecule has 5 heterocycles. The lowest BCUT2D eigenvalue weighted by Gasteiger charge is -2.30. The van der Waals surface area contributed by atoms with Gasteiger partial charge in [-0.2, -0.15) is 15.2 Å². The van der Waals surface area contributed by atoms with E-state index in [1.54, 1.807) is 11.0 Å². The molecule has 3 N–H and O–H groups in total. The summed E-state index contributed by atoms with van der Waals surface area (Å²) in [6, 6.07) is 4.61. The Balaban J connectivity index is 0.000000381. The zero-order valence-electron chi connectivity index (χ0n) is 26.1. The number of aliphatic hydroxyl groups is 2. The second-order valence-electron chi connectivity index (χ2n) is 12.0. The van der Waals surface area contributed by atoms with Gasteiger partial charge < -0.3 is 29.7 Å². The van der Waals surface area contributed by atoms with Crippen molar-refractivity contribution in [2.24, 2.45) is 0 Å². The number of alkyl halides is 1. The number of halogens is 4. The van der Waals surface area contributed by atoms with E-state index in [4.69, 9.17) is 9.47 Å². The Labute approximate surface area is 273 Å². The maximum absolute atomic E-state index is 16.2. The highest BCUT2D eigenvalue weighted by Crippen LogP contribution is 2.43. The van der Waals surface area contributed by atoms with Gasteiger partial charge in [0.2, 0.25) is 5.88 Å². The van der Waals surface area contributed by atoms with E-state index in [1.165, 1.54) is 12.8 Å². The number of rotatable bonds is 8. The predicted molar refractivity (Wildman–Crippen MR) is 166 cm³/mol. The molecule has 2 aromatic heterocycles. The predicted octanol–water partition coefficient (Wildman–Crippen LogP) is 5.42. The van der Waals surface area contributed by atoms with Crippen molar-refractivity contribution in [1.29, 1.82) is 5.26 Å². The quantitative estimate of drug-likeness (QED) is 0.125. The van der Waals surface area contributed by atoms with E-state index in [0.717, 1.165) is 56.8 Å². The number of phenolic OH excluding ortho intramolecular Hbond substituents is 1. The first-order chi connectivity index (χ1) is 23.1. The van der Waals surface area contributed by atoms with Crippen molar-refractivity contribution < 1.29 is 42.4 Å². The summed E-state index contributed by atoms with van der Waals surface area (Å²) in [7, 11) is 0. The molecule has 0 amide bonds. The molecular formula is C33H34F4N6O5. The first-order valence-electron chi connectivity index (χ1n) is 15.8. The molecule has 3 aliphatic rings. The largest absolute Gasteiger partial charge is 0.508 e. The molecule has 15 heteroatoms. The summed E-state index contributed by atoms with van der Waals surface area (Å²) in [5.74, 6) is -4.15. The van der Waals surface area contributed by atoms with E-state index in [2.05, 4.69) is 26.8 Å². The lowest BCUT2D eigenvalue weighted by molar-refractivity contribution is -0.183. The molecule has 48 heavy (non-hydrogen) atoms. The van der Waals surface area contributed by atoms with E-state index >= 15 is 4.39 Å². The van der Waals surface area contributed by atoms with Crippen LogP contribution < -0.4 is 14.4 Å². The van der Waals surface area contributed by atoms with Crippen LogP contribution in [0.5, 0.6) is 17.6 Å². The zero-order chi connectivity index (χ0) is 34.1. The highest BCUT2D eigenvalue weighted by Gasteiger charge is 2.35. The van der Waals surface area contributed by atoms with Gasteiger partial charge in [-0.1, -0.05) is 26.2 Å².